The van der Waals surface area contributed by atoms with Crippen molar-refractivity contribution in [2.45, 2.75) is 19.4 Å². The van der Waals surface area contributed by atoms with Crippen LogP contribution in [0.4, 0.5) is 0 Å². The second kappa shape index (κ2) is 3.06. The first-order valence-corrected chi connectivity index (χ1v) is 4.25. The lowest BCUT2D eigenvalue weighted by Gasteiger charge is -2.18. The number of nitrogens with zero attached hydrogens (tertiary/aromatic N) is 1. The maximum Gasteiger partial charge on any atom is 0.183 e. The zero-order chi connectivity index (χ0) is 8.48. The molecule has 3 nitrogen and oxygen atoms in total. The molecule has 0 radical (unpaired) electrons. The van der Waals surface area contributed by atoms with E-state index in [9.17, 15) is 0 Å². The minimum absolute atomic E-state index is 0.495. The Labute approximate surface area is 74.1 Å². The molecule has 0 amide bonds. The summed E-state index contributed by atoms with van der Waals surface area (Å²) in [6.07, 6.45) is 1.67. The van der Waals surface area contributed by atoms with Crippen LogP contribution in [0.15, 0.2) is 6.20 Å². The van der Waals surface area contributed by atoms with Crippen molar-refractivity contribution < 1.29 is 4.84 Å². The molecule has 0 fully saturated rings. The van der Waals surface area contributed by atoms with Gasteiger partial charge >= 0.3 is 0 Å². The summed E-state index contributed by atoms with van der Waals surface area (Å²) < 4.78 is 0.505. The molecule has 2 N–H and O–H groups in total. The van der Waals surface area contributed by atoms with E-state index in [1.54, 1.807) is 6.20 Å². The fourth-order valence-corrected chi connectivity index (χ4v) is 1.57. The van der Waals surface area contributed by atoms with E-state index in [1.165, 1.54) is 11.3 Å². The van der Waals surface area contributed by atoms with Crippen LogP contribution in [0.3, 0.4) is 0 Å². The Kier molecular flexibility index (Phi) is 2.49. The number of hydrogen-bond acceptors (Lipinski definition) is 4. The van der Waals surface area contributed by atoms with Gasteiger partial charge in [0.2, 0.25) is 0 Å². The van der Waals surface area contributed by atoms with Crippen molar-refractivity contribution in [1.82, 2.24) is 4.98 Å². The van der Waals surface area contributed by atoms with E-state index in [0.717, 1.165) is 4.88 Å². The first kappa shape index (κ1) is 8.93. The number of nitrogens with two attached hydrogens (primary N) is 1. The summed E-state index contributed by atoms with van der Waals surface area (Å²) in [5.74, 6) is 5.08. The highest BCUT2D eigenvalue weighted by atomic mass is 35.5. The van der Waals surface area contributed by atoms with Gasteiger partial charge in [0.1, 0.15) is 5.60 Å². The molecule has 0 atom stereocenters. The Morgan fingerprint density at radius 3 is 2.73 bits per heavy atom. The number of rotatable bonds is 2. The Morgan fingerprint density at radius 1 is 1.73 bits per heavy atom. The molecule has 0 saturated carbocycles. The van der Waals surface area contributed by atoms with Crippen LogP contribution in [-0.2, 0) is 10.4 Å². The Bertz CT molecular complexity index is 248. The number of hydrogen-bond donors (Lipinski definition) is 1. The van der Waals surface area contributed by atoms with Crippen molar-refractivity contribution >= 4 is 22.9 Å². The zero-order valence-corrected chi connectivity index (χ0v) is 7.87. The average molecular weight is 193 g/mol. The monoisotopic (exact) mass is 192 g/mol. The summed E-state index contributed by atoms with van der Waals surface area (Å²) in [6, 6.07) is 0. The lowest BCUT2D eigenvalue weighted by molar-refractivity contribution is -0.0209. The van der Waals surface area contributed by atoms with Crippen molar-refractivity contribution in [3.05, 3.63) is 15.5 Å². The van der Waals surface area contributed by atoms with Gasteiger partial charge in [0, 0.05) is 6.20 Å². The molecular formula is C6H9ClN2OS. The summed E-state index contributed by atoms with van der Waals surface area (Å²) in [4.78, 5) is 9.55. The van der Waals surface area contributed by atoms with Crippen LogP contribution >= 0.6 is 22.9 Å². The van der Waals surface area contributed by atoms with Crippen molar-refractivity contribution in [2.24, 2.45) is 5.90 Å². The van der Waals surface area contributed by atoms with Gasteiger partial charge < -0.3 is 0 Å². The van der Waals surface area contributed by atoms with Gasteiger partial charge in [-0.25, -0.2) is 10.9 Å². The molecule has 0 saturated heterocycles. The van der Waals surface area contributed by atoms with E-state index >= 15 is 0 Å². The van der Waals surface area contributed by atoms with Gasteiger partial charge in [-0.2, -0.15) is 0 Å². The van der Waals surface area contributed by atoms with E-state index in [0.29, 0.717) is 4.47 Å². The zero-order valence-electron chi connectivity index (χ0n) is 6.30. The molecule has 0 unspecified atom stereocenters. The quantitative estimate of drug-likeness (QED) is 0.729. The topological polar surface area (TPSA) is 48.1 Å². The highest BCUT2D eigenvalue weighted by Crippen LogP contribution is 2.29. The molecule has 11 heavy (non-hydrogen) atoms. The van der Waals surface area contributed by atoms with Crippen LogP contribution in [0.1, 0.15) is 18.7 Å². The molecule has 0 spiro atoms. The molecule has 62 valence electrons. The van der Waals surface area contributed by atoms with Gasteiger partial charge in [-0.1, -0.05) is 11.6 Å². The van der Waals surface area contributed by atoms with Crippen LogP contribution in [-0.4, -0.2) is 4.98 Å². The standard InChI is InChI=1S/C6H9ClN2OS/c1-6(2,10-8)4-3-9-5(7)11-4/h3H,8H2,1-2H3. The second-order valence-electron chi connectivity index (χ2n) is 2.61. The van der Waals surface area contributed by atoms with E-state index in [2.05, 4.69) is 4.98 Å². The van der Waals surface area contributed by atoms with Gasteiger partial charge in [-0.3, -0.25) is 4.84 Å². The largest absolute Gasteiger partial charge is 0.293 e. The molecule has 1 heterocycles. The molecule has 1 aromatic rings. The fourth-order valence-electron chi connectivity index (χ4n) is 0.589. The van der Waals surface area contributed by atoms with Gasteiger partial charge in [0.05, 0.1) is 4.88 Å². The maximum atomic E-state index is 5.63. The summed E-state index contributed by atoms with van der Waals surface area (Å²) in [5.41, 5.74) is -0.495. The molecule has 0 aliphatic rings. The third-order valence-electron chi connectivity index (χ3n) is 1.37. The Morgan fingerprint density at radius 2 is 2.36 bits per heavy atom. The smallest absolute Gasteiger partial charge is 0.183 e. The lowest BCUT2D eigenvalue weighted by atomic mass is 10.1. The molecular weight excluding hydrogens is 184 g/mol. The van der Waals surface area contributed by atoms with Crippen molar-refractivity contribution in [3.8, 4) is 0 Å². The van der Waals surface area contributed by atoms with Crippen LogP contribution in [0.5, 0.6) is 0 Å². The minimum atomic E-state index is -0.495. The first-order valence-electron chi connectivity index (χ1n) is 3.06. The van der Waals surface area contributed by atoms with E-state index < -0.39 is 5.60 Å². The fraction of sp³-hybridized carbons (Fsp3) is 0.500. The average Bonchev–Trinajstić information content (AvgIpc) is 2.36. The van der Waals surface area contributed by atoms with Crippen LogP contribution in [0, 0.1) is 0 Å². The minimum Gasteiger partial charge on any atom is -0.293 e. The van der Waals surface area contributed by atoms with E-state index in [4.69, 9.17) is 22.3 Å². The Hall–Kier alpha value is -0.160. The van der Waals surface area contributed by atoms with Gasteiger partial charge in [0.25, 0.3) is 0 Å². The molecule has 5 heteroatoms. The summed E-state index contributed by atoms with van der Waals surface area (Å²) in [7, 11) is 0. The molecule has 1 aromatic heterocycles. The first-order chi connectivity index (χ1) is 5.06. The molecule has 0 aliphatic heterocycles. The van der Waals surface area contributed by atoms with Crippen molar-refractivity contribution in [2.75, 3.05) is 0 Å². The predicted octanol–water partition coefficient (Wildman–Crippen LogP) is 1.92. The molecule has 0 aliphatic carbocycles. The number of halogens is 1. The van der Waals surface area contributed by atoms with Crippen molar-refractivity contribution in [1.29, 1.82) is 0 Å². The van der Waals surface area contributed by atoms with Crippen LogP contribution in [0.25, 0.3) is 0 Å². The summed E-state index contributed by atoms with van der Waals surface area (Å²) in [6.45, 7) is 3.72. The summed E-state index contributed by atoms with van der Waals surface area (Å²) >= 11 is 7.00. The Balaban J connectivity index is 2.92. The van der Waals surface area contributed by atoms with E-state index in [1.807, 2.05) is 13.8 Å². The predicted molar refractivity (Wildman–Crippen MR) is 45.4 cm³/mol. The van der Waals surface area contributed by atoms with Gasteiger partial charge in [-0.15, -0.1) is 11.3 Å². The molecule has 0 bridgehead atoms. The lowest BCUT2D eigenvalue weighted by Crippen LogP contribution is -2.23. The highest BCUT2D eigenvalue weighted by molar-refractivity contribution is 7.15. The molecule has 0 aromatic carbocycles. The number of thiazole rings is 1. The van der Waals surface area contributed by atoms with E-state index in [-0.39, 0.29) is 0 Å². The van der Waals surface area contributed by atoms with Crippen LogP contribution in [0.2, 0.25) is 4.47 Å². The number of aromatic nitrogens is 1. The van der Waals surface area contributed by atoms with Crippen molar-refractivity contribution in [3.63, 3.8) is 0 Å². The maximum absolute atomic E-state index is 5.63. The summed E-state index contributed by atoms with van der Waals surface area (Å²) in [5, 5.41) is 0. The van der Waals surface area contributed by atoms with Gasteiger partial charge in [-0.05, 0) is 13.8 Å². The third-order valence-corrected chi connectivity index (χ3v) is 2.79. The van der Waals surface area contributed by atoms with Crippen LogP contribution < -0.4 is 5.90 Å². The molecule has 1 rings (SSSR count). The van der Waals surface area contributed by atoms with Gasteiger partial charge in [0.15, 0.2) is 4.47 Å². The second-order valence-corrected chi connectivity index (χ2v) is 4.22. The third kappa shape index (κ3) is 1.90. The normalized spacial score (nSPS) is 12.0. The SMILES string of the molecule is CC(C)(ON)c1cnc(Cl)s1. The highest BCUT2D eigenvalue weighted by Gasteiger charge is 2.22.